The monoisotopic (exact) mass is 462 g/mol. The molecule has 33 heavy (non-hydrogen) atoms. The van der Waals surface area contributed by atoms with Crippen molar-refractivity contribution in [2.45, 2.75) is 11.8 Å². The summed E-state index contributed by atoms with van der Waals surface area (Å²) in [4.78, 5) is 13.3. The van der Waals surface area contributed by atoms with Crippen LogP contribution in [0, 0.1) is 5.82 Å². The highest BCUT2D eigenvalue weighted by molar-refractivity contribution is 7.92. The van der Waals surface area contributed by atoms with Gasteiger partial charge in [0.1, 0.15) is 11.6 Å². The van der Waals surface area contributed by atoms with Gasteiger partial charge in [0.15, 0.2) is 0 Å². The lowest BCUT2D eigenvalue weighted by Gasteiger charge is -2.29. The van der Waals surface area contributed by atoms with E-state index in [9.17, 15) is 12.8 Å². The van der Waals surface area contributed by atoms with Gasteiger partial charge in [-0.2, -0.15) is 0 Å². The van der Waals surface area contributed by atoms with E-state index < -0.39 is 10.0 Å². The summed E-state index contributed by atoms with van der Waals surface area (Å²) in [5.74, 6) is -0.635. The molecule has 3 heterocycles. The van der Waals surface area contributed by atoms with Crippen LogP contribution in [-0.2, 0) is 10.0 Å². The molecule has 0 amide bonds. The van der Waals surface area contributed by atoms with Crippen LogP contribution in [0.4, 0.5) is 10.2 Å². The Morgan fingerprint density at radius 2 is 1.39 bits per heavy atom. The van der Waals surface area contributed by atoms with Gasteiger partial charge >= 0.3 is 0 Å². The van der Waals surface area contributed by atoms with Gasteiger partial charge in [0.2, 0.25) is 10.0 Å². The topological polar surface area (TPSA) is 76.1 Å². The van der Waals surface area contributed by atoms with E-state index in [-0.39, 0.29) is 17.7 Å². The largest absolute Gasteiger partial charge is 0.264 e. The van der Waals surface area contributed by atoms with Crippen LogP contribution in [0.3, 0.4) is 0 Å². The fraction of sp³-hybridized carbons (Fsp3) is 0.160. The Hall–Kier alpha value is -3.65. The van der Waals surface area contributed by atoms with Crippen molar-refractivity contribution in [1.29, 1.82) is 0 Å². The second-order valence-electron chi connectivity index (χ2n) is 7.73. The highest BCUT2D eigenvalue weighted by Gasteiger charge is 2.30. The van der Waals surface area contributed by atoms with Crippen LogP contribution in [0.2, 0.25) is 0 Å². The molecular weight excluding hydrogens is 439 g/mol. The van der Waals surface area contributed by atoms with Crippen molar-refractivity contribution in [2.75, 3.05) is 17.6 Å². The first kappa shape index (κ1) is 22.5. The maximum atomic E-state index is 13.8. The first-order chi connectivity index (χ1) is 15.8. The third-order valence-corrected chi connectivity index (χ3v) is 6.73. The number of rotatable bonds is 7. The molecule has 0 fully saturated rings. The van der Waals surface area contributed by atoms with Gasteiger partial charge in [-0.3, -0.25) is 14.3 Å². The number of sulfonamides is 1. The number of aromatic nitrogens is 3. The van der Waals surface area contributed by atoms with E-state index in [4.69, 9.17) is 4.98 Å². The average molecular weight is 463 g/mol. The van der Waals surface area contributed by atoms with Crippen LogP contribution in [0.25, 0.3) is 0 Å². The Morgan fingerprint density at radius 3 is 1.91 bits per heavy atom. The summed E-state index contributed by atoms with van der Waals surface area (Å²) in [6.07, 6.45) is 8.13. The molecule has 0 saturated carbocycles. The lowest BCUT2D eigenvalue weighted by Crippen LogP contribution is -2.26. The van der Waals surface area contributed by atoms with Gasteiger partial charge in [-0.05, 0) is 53.1 Å². The Morgan fingerprint density at radius 1 is 0.788 bits per heavy atom. The van der Waals surface area contributed by atoms with Gasteiger partial charge in [-0.1, -0.05) is 30.3 Å². The van der Waals surface area contributed by atoms with Crippen molar-refractivity contribution in [3.8, 4) is 0 Å². The molecule has 168 valence electrons. The van der Waals surface area contributed by atoms with Crippen molar-refractivity contribution in [3.05, 3.63) is 120 Å². The van der Waals surface area contributed by atoms with Gasteiger partial charge in [0.05, 0.1) is 11.9 Å². The number of pyridine rings is 3. The predicted molar refractivity (Wildman–Crippen MR) is 126 cm³/mol. The Kier molecular flexibility index (Phi) is 6.46. The van der Waals surface area contributed by atoms with Crippen LogP contribution in [0.15, 0.2) is 91.5 Å². The van der Waals surface area contributed by atoms with Crippen molar-refractivity contribution < 1.29 is 12.8 Å². The molecule has 0 bridgehead atoms. The van der Waals surface area contributed by atoms with E-state index in [1.807, 2.05) is 30.3 Å². The van der Waals surface area contributed by atoms with Crippen molar-refractivity contribution in [2.24, 2.45) is 0 Å². The molecule has 0 saturated heterocycles. The van der Waals surface area contributed by atoms with E-state index in [1.165, 1.54) is 19.2 Å². The normalized spacial score (nSPS) is 12.5. The number of hydrogen-bond acceptors (Lipinski definition) is 5. The van der Waals surface area contributed by atoms with E-state index in [2.05, 4.69) is 9.97 Å². The van der Waals surface area contributed by atoms with Crippen LogP contribution in [0.5, 0.6) is 0 Å². The third kappa shape index (κ3) is 5.06. The summed E-state index contributed by atoms with van der Waals surface area (Å²) in [7, 11) is -2.03. The molecule has 0 spiro atoms. The third-order valence-electron chi connectivity index (χ3n) is 5.54. The lowest BCUT2D eigenvalue weighted by atomic mass is 9.76. The second kappa shape index (κ2) is 9.46. The molecule has 0 N–H and O–H groups in total. The Balaban J connectivity index is 1.94. The van der Waals surface area contributed by atoms with Crippen LogP contribution in [-0.4, -0.2) is 36.7 Å². The minimum atomic E-state index is -3.49. The summed E-state index contributed by atoms with van der Waals surface area (Å²) >= 11 is 0. The summed E-state index contributed by atoms with van der Waals surface area (Å²) in [6, 6.07) is 19.3. The molecule has 0 aliphatic rings. The van der Waals surface area contributed by atoms with Gasteiger partial charge in [0.25, 0.3) is 0 Å². The predicted octanol–water partition coefficient (Wildman–Crippen LogP) is 4.37. The van der Waals surface area contributed by atoms with Crippen molar-refractivity contribution in [3.63, 3.8) is 0 Å². The second-order valence-corrected chi connectivity index (χ2v) is 9.74. The Labute approximate surface area is 192 Å². The molecule has 0 aliphatic heterocycles. The smallest absolute Gasteiger partial charge is 0.233 e. The van der Waals surface area contributed by atoms with E-state index in [0.717, 1.165) is 27.3 Å². The van der Waals surface area contributed by atoms with E-state index in [0.29, 0.717) is 11.5 Å². The quantitative estimate of drug-likeness (QED) is 0.408. The molecule has 4 rings (SSSR count). The molecular formula is C25H23FN4O2S. The van der Waals surface area contributed by atoms with Crippen LogP contribution >= 0.6 is 0 Å². The average Bonchev–Trinajstić information content (AvgIpc) is 2.83. The number of anilines is 1. The zero-order valence-electron chi connectivity index (χ0n) is 18.2. The summed E-state index contributed by atoms with van der Waals surface area (Å²) in [5.41, 5.74) is 3.35. The zero-order valence-corrected chi connectivity index (χ0v) is 19.0. The Bertz CT molecular complexity index is 1280. The number of nitrogens with zero attached hydrogens (tertiary/aromatic N) is 4. The molecule has 0 radical (unpaired) electrons. The van der Waals surface area contributed by atoms with Gasteiger partial charge in [0, 0.05) is 43.7 Å². The highest BCUT2D eigenvalue weighted by Crippen LogP contribution is 2.42. The molecule has 8 heteroatoms. The molecule has 1 unspecified atom stereocenters. The fourth-order valence-corrected chi connectivity index (χ4v) is 4.30. The molecule has 3 aromatic heterocycles. The SMILES string of the molecule is CN(c1cccc(C(c2ccc(F)cc2)C(c2cccnc2)c2cccnc2)n1)S(C)(=O)=O. The zero-order chi connectivity index (χ0) is 23.4. The van der Waals surface area contributed by atoms with Gasteiger partial charge in [-0.25, -0.2) is 17.8 Å². The molecule has 6 nitrogen and oxygen atoms in total. The van der Waals surface area contributed by atoms with Gasteiger partial charge in [-0.15, -0.1) is 0 Å². The highest BCUT2D eigenvalue weighted by atomic mass is 32.2. The van der Waals surface area contributed by atoms with E-state index >= 15 is 0 Å². The minimum absolute atomic E-state index is 0.246. The first-order valence-corrected chi connectivity index (χ1v) is 12.2. The van der Waals surface area contributed by atoms with Crippen LogP contribution in [0.1, 0.15) is 34.2 Å². The van der Waals surface area contributed by atoms with Crippen molar-refractivity contribution in [1.82, 2.24) is 15.0 Å². The molecule has 1 atom stereocenters. The number of benzene rings is 1. The first-order valence-electron chi connectivity index (χ1n) is 10.3. The fourth-order valence-electron chi connectivity index (χ4n) is 3.86. The summed E-state index contributed by atoms with van der Waals surface area (Å²) in [6.45, 7) is 0. The number of hydrogen-bond donors (Lipinski definition) is 0. The van der Waals surface area contributed by atoms with Crippen molar-refractivity contribution >= 4 is 15.8 Å². The standard InChI is InChI=1S/C25H23FN4O2S/c1-30(33(2,31)32)23-9-3-8-22(29-23)25(18-10-12-21(26)13-11-18)24(19-6-4-14-27-16-19)20-7-5-15-28-17-20/h3-17,24-25H,1-2H3. The molecule has 4 aromatic rings. The summed E-state index contributed by atoms with van der Waals surface area (Å²) < 4.78 is 39.2. The maximum Gasteiger partial charge on any atom is 0.233 e. The molecule has 0 aliphatic carbocycles. The van der Waals surface area contributed by atoms with Crippen LogP contribution < -0.4 is 4.31 Å². The molecule has 1 aromatic carbocycles. The lowest BCUT2D eigenvalue weighted by molar-refractivity contribution is 0.599. The number of halogens is 1. The van der Waals surface area contributed by atoms with Gasteiger partial charge < -0.3 is 0 Å². The summed E-state index contributed by atoms with van der Waals surface area (Å²) in [5, 5.41) is 0. The maximum absolute atomic E-state index is 13.8. The van der Waals surface area contributed by atoms with E-state index in [1.54, 1.807) is 49.1 Å². The minimum Gasteiger partial charge on any atom is -0.264 e.